The largest absolute Gasteiger partial charge is 0.342 e. The van der Waals surface area contributed by atoms with E-state index in [9.17, 15) is 9.18 Å². The van der Waals surface area contributed by atoms with Gasteiger partial charge in [0.1, 0.15) is 11.6 Å². The standard InChI is InChI=1S/C18H17ClFN3O/c1-10(2)16(17-21-14-5-3-4-6-15(14)22-17)23-18(24)12-9-11(19)7-8-13(12)20/h3-10,16H,1-2H3,(H,21,22)(H,23,24)/t16-/m0/s1. The Bertz CT molecular complexity index is 858. The lowest BCUT2D eigenvalue weighted by molar-refractivity contribution is 0.0919. The number of benzene rings is 2. The molecule has 0 aliphatic carbocycles. The van der Waals surface area contributed by atoms with Crippen LogP contribution in [0.3, 0.4) is 0 Å². The van der Waals surface area contributed by atoms with E-state index in [1.807, 2.05) is 38.1 Å². The van der Waals surface area contributed by atoms with Crippen LogP contribution in [0.1, 0.15) is 36.1 Å². The normalized spacial score (nSPS) is 12.5. The molecule has 0 unspecified atom stereocenters. The fourth-order valence-corrected chi connectivity index (χ4v) is 2.73. The van der Waals surface area contributed by atoms with Crippen LogP contribution in [-0.4, -0.2) is 15.9 Å². The van der Waals surface area contributed by atoms with Gasteiger partial charge in [0, 0.05) is 5.02 Å². The molecule has 0 spiro atoms. The minimum atomic E-state index is -0.607. The molecule has 0 saturated carbocycles. The number of nitrogens with one attached hydrogen (secondary N) is 2. The third-order valence-electron chi connectivity index (χ3n) is 3.83. The fraction of sp³-hybridized carbons (Fsp3) is 0.222. The van der Waals surface area contributed by atoms with Crippen LogP contribution in [0.4, 0.5) is 4.39 Å². The predicted octanol–water partition coefficient (Wildman–Crippen LogP) is 4.48. The Morgan fingerprint density at radius 3 is 2.71 bits per heavy atom. The maximum absolute atomic E-state index is 13.9. The summed E-state index contributed by atoms with van der Waals surface area (Å²) in [5.74, 6) is -0.420. The summed E-state index contributed by atoms with van der Waals surface area (Å²) in [4.78, 5) is 20.2. The number of aromatic amines is 1. The first-order valence-corrected chi connectivity index (χ1v) is 8.04. The number of rotatable bonds is 4. The molecule has 1 amide bonds. The molecule has 6 heteroatoms. The zero-order valence-electron chi connectivity index (χ0n) is 13.3. The van der Waals surface area contributed by atoms with Gasteiger partial charge in [-0.3, -0.25) is 4.79 Å². The van der Waals surface area contributed by atoms with Gasteiger partial charge in [-0.2, -0.15) is 0 Å². The van der Waals surface area contributed by atoms with E-state index >= 15 is 0 Å². The van der Waals surface area contributed by atoms with Gasteiger partial charge >= 0.3 is 0 Å². The molecule has 0 aliphatic rings. The molecule has 1 aromatic heterocycles. The van der Waals surface area contributed by atoms with Crippen LogP contribution < -0.4 is 5.32 Å². The van der Waals surface area contributed by atoms with Crippen molar-refractivity contribution in [2.75, 3.05) is 0 Å². The molecule has 0 fully saturated rings. The molecular weight excluding hydrogens is 329 g/mol. The average Bonchev–Trinajstić information content (AvgIpc) is 2.97. The van der Waals surface area contributed by atoms with Crippen molar-refractivity contribution in [1.82, 2.24) is 15.3 Å². The molecule has 2 N–H and O–H groups in total. The average molecular weight is 346 g/mol. The lowest BCUT2D eigenvalue weighted by Gasteiger charge is -2.20. The highest BCUT2D eigenvalue weighted by atomic mass is 35.5. The molecule has 1 atom stereocenters. The highest BCUT2D eigenvalue weighted by molar-refractivity contribution is 6.31. The summed E-state index contributed by atoms with van der Waals surface area (Å²) in [6.45, 7) is 3.93. The highest BCUT2D eigenvalue weighted by Crippen LogP contribution is 2.23. The van der Waals surface area contributed by atoms with Crippen molar-refractivity contribution in [3.63, 3.8) is 0 Å². The highest BCUT2D eigenvalue weighted by Gasteiger charge is 2.23. The van der Waals surface area contributed by atoms with Crippen LogP contribution in [0.5, 0.6) is 0 Å². The van der Waals surface area contributed by atoms with Gasteiger partial charge in [0.05, 0.1) is 22.6 Å². The Morgan fingerprint density at radius 2 is 2.00 bits per heavy atom. The zero-order chi connectivity index (χ0) is 17.3. The molecule has 2 aromatic carbocycles. The fourth-order valence-electron chi connectivity index (χ4n) is 2.56. The molecule has 1 heterocycles. The molecule has 0 aliphatic heterocycles. The Balaban J connectivity index is 1.91. The van der Waals surface area contributed by atoms with Crippen LogP contribution in [0.25, 0.3) is 11.0 Å². The number of imidazole rings is 1. The molecule has 3 rings (SSSR count). The second-order valence-corrected chi connectivity index (χ2v) is 6.39. The van der Waals surface area contributed by atoms with Gasteiger partial charge in [-0.15, -0.1) is 0 Å². The van der Waals surface area contributed by atoms with Gasteiger partial charge in [-0.25, -0.2) is 9.37 Å². The number of fused-ring (bicyclic) bond motifs is 1. The SMILES string of the molecule is CC(C)[C@H](NC(=O)c1cc(Cl)ccc1F)c1nc2ccccc2[nH]1. The van der Waals surface area contributed by atoms with Gasteiger partial charge in [0.2, 0.25) is 0 Å². The number of H-pyrrole nitrogens is 1. The first-order valence-electron chi connectivity index (χ1n) is 7.66. The number of aromatic nitrogens is 2. The number of carbonyl (C=O) groups excluding carboxylic acids is 1. The molecule has 4 nitrogen and oxygen atoms in total. The summed E-state index contributed by atoms with van der Waals surface area (Å²) in [5.41, 5.74) is 1.63. The summed E-state index contributed by atoms with van der Waals surface area (Å²) in [6.07, 6.45) is 0. The van der Waals surface area contributed by atoms with E-state index in [1.165, 1.54) is 18.2 Å². The molecule has 3 aromatic rings. The number of para-hydroxylation sites is 2. The van der Waals surface area contributed by atoms with Gasteiger partial charge < -0.3 is 10.3 Å². The summed E-state index contributed by atoms with van der Waals surface area (Å²) in [7, 11) is 0. The maximum atomic E-state index is 13.9. The van der Waals surface area contributed by atoms with Crippen molar-refractivity contribution in [2.45, 2.75) is 19.9 Å². The summed E-state index contributed by atoms with van der Waals surface area (Å²) in [6, 6.07) is 11.2. The lowest BCUT2D eigenvalue weighted by atomic mass is 10.0. The van der Waals surface area contributed by atoms with E-state index in [2.05, 4.69) is 15.3 Å². The molecule has 0 saturated heterocycles. The Labute approximate surface area is 144 Å². The minimum absolute atomic E-state index is 0.0664. The van der Waals surface area contributed by atoms with Crippen molar-refractivity contribution >= 4 is 28.5 Å². The summed E-state index contributed by atoms with van der Waals surface area (Å²) in [5, 5.41) is 3.16. The van der Waals surface area contributed by atoms with Crippen LogP contribution >= 0.6 is 11.6 Å². The number of halogens is 2. The molecule has 0 radical (unpaired) electrons. The van der Waals surface area contributed by atoms with Gasteiger partial charge in [-0.05, 0) is 36.2 Å². The third-order valence-corrected chi connectivity index (χ3v) is 4.06. The van der Waals surface area contributed by atoms with Gasteiger partial charge in [0.15, 0.2) is 0 Å². The molecular formula is C18H17ClFN3O. The monoisotopic (exact) mass is 345 g/mol. The van der Waals surface area contributed by atoms with Crippen molar-refractivity contribution in [3.8, 4) is 0 Å². The number of nitrogens with zero attached hydrogens (tertiary/aromatic N) is 1. The van der Waals surface area contributed by atoms with Crippen LogP contribution in [0, 0.1) is 11.7 Å². The lowest BCUT2D eigenvalue weighted by Crippen LogP contribution is -2.33. The minimum Gasteiger partial charge on any atom is -0.342 e. The Morgan fingerprint density at radius 1 is 1.25 bits per heavy atom. The van der Waals surface area contributed by atoms with E-state index in [0.29, 0.717) is 10.8 Å². The zero-order valence-corrected chi connectivity index (χ0v) is 14.1. The van der Waals surface area contributed by atoms with Crippen LogP contribution in [-0.2, 0) is 0 Å². The quantitative estimate of drug-likeness (QED) is 0.732. The van der Waals surface area contributed by atoms with E-state index in [-0.39, 0.29) is 17.5 Å². The van der Waals surface area contributed by atoms with E-state index < -0.39 is 11.7 Å². The van der Waals surface area contributed by atoms with E-state index in [1.54, 1.807) is 0 Å². The Kier molecular flexibility index (Phi) is 4.53. The second-order valence-electron chi connectivity index (χ2n) is 5.96. The first-order chi connectivity index (χ1) is 11.5. The smallest absolute Gasteiger partial charge is 0.254 e. The number of hydrogen-bond donors (Lipinski definition) is 2. The van der Waals surface area contributed by atoms with E-state index in [4.69, 9.17) is 11.6 Å². The topological polar surface area (TPSA) is 57.8 Å². The van der Waals surface area contributed by atoms with Gasteiger partial charge in [0.25, 0.3) is 5.91 Å². The van der Waals surface area contributed by atoms with Crippen molar-refractivity contribution < 1.29 is 9.18 Å². The maximum Gasteiger partial charge on any atom is 0.254 e. The molecule has 24 heavy (non-hydrogen) atoms. The van der Waals surface area contributed by atoms with Crippen molar-refractivity contribution in [3.05, 3.63) is 64.7 Å². The van der Waals surface area contributed by atoms with Crippen molar-refractivity contribution in [1.29, 1.82) is 0 Å². The third kappa shape index (κ3) is 3.26. The van der Waals surface area contributed by atoms with Crippen molar-refractivity contribution in [2.24, 2.45) is 5.92 Å². The number of amides is 1. The summed E-state index contributed by atoms with van der Waals surface area (Å²) >= 11 is 5.87. The number of carbonyl (C=O) groups is 1. The first kappa shape index (κ1) is 16.5. The van der Waals surface area contributed by atoms with Gasteiger partial charge in [-0.1, -0.05) is 37.6 Å². The van der Waals surface area contributed by atoms with Crippen LogP contribution in [0.15, 0.2) is 42.5 Å². The van der Waals surface area contributed by atoms with E-state index in [0.717, 1.165) is 11.0 Å². The molecule has 0 bridgehead atoms. The predicted molar refractivity (Wildman–Crippen MR) is 92.5 cm³/mol. The summed E-state index contributed by atoms with van der Waals surface area (Å²) < 4.78 is 13.9. The molecule has 124 valence electrons. The second kappa shape index (κ2) is 6.61. The van der Waals surface area contributed by atoms with Crippen LogP contribution in [0.2, 0.25) is 5.02 Å². The number of hydrogen-bond acceptors (Lipinski definition) is 2. The Hall–Kier alpha value is -2.40.